The third-order valence-electron chi connectivity index (χ3n) is 4.97. The SMILES string of the molecule is CCN1CCCC(NC(=O)Cn2nc(C(P)P)c3c(F)c(Br)ccc3c2=O)C1. The van der Waals surface area contributed by atoms with Gasteiger partial charge in [0.05, 0.1) is 15.6 Å². The first-order chi connectivity index (χ1) is 13.3. The van der Waals surface area contributed by atoms with Crippen LogP contribution >= 0.6 is 34.4 Å². The number of nitrogens with zero attached hydrogens (tertiary/aromatic N) is 3. The smallest absolute Gasteiger partial charge is 0.275 e. The Bertz CT molecular complexity index is 953. The lowest BCUT2D eigenvalue weighted by atomic mass is 10.1. The molecule has 3 rings (SSSR count). The Balaban J connectivity index is 1.89. The second-order valence-corrected chi connectivity index (χ2v) is 10.0. The number of hydrogen-bond acceptors (Lipinski definition) is 4. The van der Waals surface area contributed by atoms with Gasteiger partial charge in [-0.3, -0.25) is 9.59 Å². The topological polar surface area (TPSA) is 67.2 Å². The van der Waals surface area contributed by atoms with Crippen molar-refractivity contribution in [1.29, 1.82) is 0 Å². The van der Waals surface area contributed by atoms with E-state index in [0.717, 1.165) is 37.2 Å². The minimum atomic E-state index is -0.523. The van der Waals surface area contributed by atoms with Crippen molar-refractivity contribution >= 4 is 51.1 Å². The number of likely N-dealkylation sites (tertiary alicyclic amines) is 1. The van der Waals surface area contributed by atoms with Gasteiger partial charge in [-0.2, -0.15) is 5.10 Å². The number of carbonyl (C=O) groups is 1. The van der Waals surface area contributed by atoms with Crippen LogP contribution in [0.1, 0.15) is 30.9 Å². The van der Waals surface area contributed by atoms with Gasteiger partial charge in [0.1, 0.15) is 12.4 Å². The van der Waals surface area contributed by atoms with Crippen LogP contribution < -0.4 is 10.9 Å². The summed E-state index contributed by atoms with van der Waals surface area (Å²) in [6.07, 6.45) is 1.96. The predicted octanol–water partition coefficient (Wildman–Crippen LogP) is 2.65. The summed E-state index contributed by atoms with van der Waals surface area (Å²) in [6, 6.07) is 3.12. The molecule has 6 nitrogen and oxygen atoms in total. The lowest BCUT2D eigenvalue weighted by Gasteiger charge is -2.32. The van der Waals surface area contributed by atoms with Crippen molar-refractivity contribution in [3.8, 4) is 0 Å². The molecule has 1 aliphatic heterocycles. The number of nitrogens with one attached hydrogen (secondary N) is 1. The molecule has 28 heavy (non-hydrogen) atoms. The van der Waals surface area contributed by atoms with Crippen molar-refractivity contribution in [2.24, 2.45) is 0 Å². The number of amides is 1. The van der Waals surface area contributed by atoms with Crippen LogP contribution in [0.2, 0.25) is 0 Å². The zero-order valence-corrected chi connectivity index (χ0v) is 19.5. The molecule has 0 aliphatic carbocycles. The summed E-state index contributed by atoms with van der Waals surface area (Å²) in [5, 5.41) is 7.42. The van der Waals surface area contributed by atoms with Crippen molar-refractivity contribution in [3.63, 3.8) is 0 Å². The monoisotopic (exact) mass is 488 g/mol. The Morgan fingerprint density at radius 1 is 1.46 bits per heavy atom. The van der Waals surface area contributed by atoms with Crippen LogP contribution in [0.5, 0.6) is 0 Å². The van der Waals surface area contributed by atoms with E-state index < -0.39 is 11.4 Å². The Morgan fingerprint density at radius 3 is 2.89 bits per heavy atom. The van der Waals surface area contributed by atoms with Gasteiger partial charge in [0.2, 0.25) is 5.91 Å². The fourth-order valence-electron chi connectivity index (χ4n) is 3.55. The number of aromatic nitrogens is 2. The fourth-order valence-corrected chi connectivity index (χ4v) is 4.35. The first-order valence-corrected chi connectivity index (χ1v) is 11.4. The van der Waals surface area contributed by atoms with Gasteiger partial charge in [-0.25, -0.2) is 9.07 Å². The van der Waals surface area contributed by atoms with Gasteiger partial charge in [0.25, 0.3) is 5.56 Å². The Hall–Kier alpha value is -0.940. The number of fused-ring (bicyclic) bond motifs is 1. The summed E-state index contributed by atoms with van der Waals surface area (Å²) >= 11 is 3.16. The molecular weight excluding hydrogens is 465 g/mol. The molecule has 152 valence electrons. The van der Waals surface area contributed by atoms with Gasteiger partial charge >= 0.3 is 0 Å². The number of likely N-dealkylation sites (N-methyl/N-ethyl adjacent to an activating group) is 1. The first-order valence-electron chi connectivity index (χ1n) is 9.23. The first kappa shape index (κ1) is 21.8. The molecule has 10 heteroatoms. The molecule has 1 aliphatic rings. The van der Waals surface area contributed by atoms with Gasteiger partial charge in [-0.15, -0.1) is 18.5 Å². The zero-order chi connectivity index (χ0) is 20.4. The summed E-state index contributed by atoms with van der Waals surface area (Å²) in [5.74, 6) is -0.782. The van der Waals surface area contributed by atoms with Gasteiger partial charge in [0.15, 0.2) is 0 Å². The molecule has 1 saturated heterocycles. The maximum Gasteiger partial charge on any atom is 0.275 e. The van der Waals surface area contributed by atoms with E-state index in [1.165, 1.54) is 6.07 Å². The quantitative estimate of drug-likeness (QED) is 0.657. The van der Waals surface area contributed by atoms with Crippen molar-refractivity contribution in [2.75, 3.05) is 19.6 Å². The van der Waals surface area contributed by atoms with E-state index in [9.17, 15) is 14.0 Å². The number of rotatable bonds is 5. The van der Waals surface area contributed by atoms with Crippen molar-refractivity contribution in [2.45, 2.75) is 37.8 Å². The van der Waals surface area contributed by atoms with Crippen molar-refractivity contribution < 1.29 is 9.18 Å². The molecule has 0 spiro atoms. The summed E-state index contributed by atoms with van der Waals surface area (Å²) < 4.78 is 16.0. The summed E-state index contributed by atoms with van der Waals surface area (Å²) in [5.41, 5.74) is -0.0826. The molecule has 0 radical (unpaired) electrons. The maximum atomic E-state index is 14.6. The lowest BCUT2D eigenvalue weighted by Crippen LogP contribution is -2.48. The second-order valence-electron chi connectivity index (χ2n) is 6.96. The molecular formula is C18H24BrFN4O2P2. The van der Waals surface area contributed by atoms with Gasteiger partial charge in [-0.05, 0) is 54.0 Å². The number of halogens is 2. The number of benzene rings is 1. The normalized spacial score (nSPS) is 18.0. The van der Waals surface area contributed by atoms with Crippen LogP contribution in [0, 0.1) is 5.82 Å². The van der Waals surface area contributed by atoms with E-state index in [0.29, 0.717) is 5.69 Å². The molecule has 1 fully saturated rings. The standard InChI is InChI=1S/C18H24BrFN4O2P2/c1-2-23-7-3-4-10(8-23)21-13(25)9-24-17(26)11-5-6-12(19)15(20)14(11)16(22-24)18(27)28/h5-6,10,18H,2-4,7-9,27-28H2,1H3,(H,21,25). The van der Waals surface area contributed by atoms with Gasteiger partial charge < -0.3 is 10.2 Å². The Morgan fingerprint density at radius 2 is 2.21 bits per heavy atom. The van der Waals surface area contributed by atoms with E-state index in [1.54, 1.807) is 6.07 Å². The number of piperidine rings is 1. The molecule has 1 N–H and O–H groups in total. The zero-order valence-electron chi connectivity index (χ0n) is 15.6. The largest absolute Gasteiger partial charge is 0.350 e. The fraction of sp³-hybridized carbons (Fsp3) is 0.500. The number of carbonyl (C=O) groups excluding carboxylic acids is 1. The van der Waals surface area contributed by atoms with Crippen LogP contribution in [0.3, 0.4) is 0 Å². The number of hydrogen-bond donors (Lipinski definition) is 1. The molecule has 2 aromatic rings. The highest BCUT2D eigenvalue weighted by Crippen LogP contribution is 2.35. The second kappa shape index (κ2) is 9.25. The molecule has 2 heterocycles. The van der Waals surface area contributed by atoms with Crippen LogP contribution in [0.15, 0.2) is 21.4 Å². The third kappa shape index (κ3) is 4.62. The highest BCUT2D eigenvalue weighted by Gasteiger charge is 2.22. The van der Waals surface area contributed by atoms with Crippen LogP contribution in [-0.2, 0) is 11.3 Å². The molecule has 3 unspecified atom stereocenters. The van der Waals surface area contributed by atoms with Crippen LogP contribution in [0.4, 0.5) is 4.39 Å². The van der Waals surface area contributed by atoms with Crippen molar-refractivity contribution in [1.82, 2.24) is 20.0 Å². The molecule has 1 aromatic carbocycles. The van der Waals surface area contributed by atoms with Crippen LogP contribution in [-0.4, -0.2) is 46.3 Å². The minimum Gasteiger partial charge on any atom is -0.350 e. The lowest BCUT2D eigenvalue weighted by molar-refractivity contribution is -0.123. The molecule has 0 saturated carbocycles. The third-order valence-corrected chi connectivity index (χ3v) is 6.22. The van der Waals surface area contributed by atoms with Crippen LogP contribution in [0.25, 0.3) is 10.8 Å². The van der Waals surface area contributed by atoms with Gasteiger partial charge in [-0.1, -0.05) is 6.92 Å². The Labute approximate surface area is 176 Å². The summed E-state index contributed by atoms with van der Waals surface area (Å²) in [4.78, 5) is 27.6. The summed E-state index contributed by atoms with van der Waals surface area (Å²) in [7, 11) is 5.06. The van der Waals surface area contributed by atoms with E-state index >= 15 is 0 Å². The average Bonchev–Trinajstić information content (AvgIpc) is 2.66. The van der Waals surface area contributed by atoms with E-state index in [1.807, 2.05) is 0 Å². The molecule has 1 aromatic heterocycles. The predicted molar refractivity (Wildman–Crippen MR) is 119 cm³/mol. The maximum absolute atomic E-state index is 14.6. The average molecular weight is 489 g/mol. The van der Waals surface area contributed by atoms with E-state index in [4.69, 9.17) is 0 Å². The highest BCUT2D eigenvalue weighted by molar-refractivity contribution is 9.10. The Kier molecular flexibility index (Phi) is 7.19. The highest BCUT2D eigenvalue weighted by atomic mass is 79.9. The molecule has 1 amide bonds. The summed E-state index contributed by atoms with van der Waals surface area (Å²) in [6.45, 7) is 4.72. The molecule has 0 bridgehead atoms. The van der Waals surface area contributed by atoms with Crippen molar-refractivity contribution in [3.05, 3.63) is 38.5 Å². The van der Waals surface area contributed by atoms with E-state index in [-0.39, 0.29) is 39.1 Å². The van der Waals surface area contributed by atoms with E-state index in [2.05, 4.69) is 56.6 Å². The molecule has 3 atom stereocenters. The minimum absolute atomic E-state index is 0.0708. The van der Waals surface area contributed by atoms with Gasteiger partial charge in [0, 0.05) is 23.4 Å².